The van der Waals surface area contributed by atoms with Crippen molar-refractivity contribution in [3.63, 3.8) is 0 Å². The third-order valence-electron chi connectivity index (χ3n) is 5.67. The van der Waals surface area contributed by atoms with Gasteiger partial charge in [0.25, 0.3) is 5.69 Å². The van der Waals surface area contributed by atoms with Gasteiger partial charge in [-0.1, -0.05) is 36.4 Å². The lowest BCUT2D eigenvalue weighted by atomic mass is 10.0. The molecule has 0 radical (unpaired) electrons. The van der Waals surface area contributed by atoms with Crippen molar-refractivity contribution in [1.82, 2.24) is 0 Å². The summed E-state index contributed by atoms with van der Waals surface area (Å²) < 4.78 is 14.8. The zero-order valence-corrected chi connectivity index (χ0v) is 15.7. The molecule has 3 nitrogen and oxygen atoms in total. The van der Waals surface area contributed by atoms with E-state index in [2.05, 4.69) is 73.3 Å². The van der Waals surface area contributed by atoms with Crippen molar-refractivity contribution >= 4 is 43.9 Å². The monoisotopic (exact) mass is 364 g/mol. The SMILES string of the molecule is Cc1ccccc1-c1c2oc3c(ccc4c5ccccc5oc43)c2cc[n+]1C. The van der Waals surface area contributed by atoms with Crippen LogP contribution in [0.3, 0.4) is 0 Å². The number of aromatic nitrogens is 1. The van der Waals surface area contributed by atoms with E-state index in [1.165, 1.54) is 11.1 Å². The summed E-state index contributed by atoms with van der Waals surface area (Å²) >= 11 is 0. The van der Waals surface area contributed by atoms with E-state index in [9.17, 15) is 0 Å². The molecular weight excluding hydrogens is 346 g/mol. The van der Waals surface area contributed by atoms with Crippen LogP contribution in [-0.4, -0.2) is 0 Å². The van der Waals surface area contributed by atoms with Gasteiger partial charge in [0.2, 0.25) is 5.58 Å². The Hall–Kier alpha value is -3.59. The van der Waals surface area contributed by atoms with Crippen LogP contribution in [0, 0.1) is 6.92 Å². The van der Waals surface area contributed by atoms with Gasteiger partial charge in [-0.25, -0.2) is 0 Å². The Morgan fingerprint density at radius 2 is 1.32 bits per heavy atom. The Kier molecular flexibility index (Phi) is 3.01. The van der Waals surface area contributed by atoms with Gasteiger partial charge in [0.15, 0.2) is 17.4 Å². The second kappa shape index (κ2) is 5.46. The third-order valence-corrected chi connectivity index (χ3v) is 5.67. The van der Waals surface area contributed by atoms with Crippen LogP contribution in [0.4, 0.5) is 0 Å². The van der Waals surface area contributed by atoms with Crippen LogP contribution in [0.15, 0.2) is 81.8 Å². The number of nitrogens with zero attached hydrogens (tertiary/aromatic N) is 1. The Labute approximate surface area is 161 Å². The summed E-state index contributed by atoms with van der Waals surface area (Å²) in [4.78, 5) is 0. The van der Waals surface area contributed by atoms with Crippen LogP contribution in [0.2, 0.25) is 0 Å². The molecule has 0 atom stereocenters. The fraction of sp³-hybridized carbons (Fsp3) is 0.0800. The van der Waals surface area contributed by atoms with Gasteiger partial charge in [-0.3, -0.25) is 0 Å². The zero-order valence-electron chi connectivity index (χ0n) is 15.7. The van der Waals surface area contributed by atoms with E-state index in [0.717, 1.165) is 49.6 Å². The van der Waals surface area contributed by atoms with Gasteiger partial charge in [-0.05, 0) is 36.8 Å². The van der Waals surface area contributed by atoms with Gasteiger partial charge in [-0.2, -0.15) is 4.57 Å². The fourth-order valence-electron chi connectivity index (χ4n) is 4.27. The lowest BCUT2D eigenvalue weighted by Crippen LogP contribution is -2.30. The Balaban J connectivity index is 1.80. The number of benzene rings is 3. The van der Waals surface area contributed by atoms with Crippen LogP contribution in [0.1, 0.15) is 5.56 Å². The van der Waals surface area contributed by atoms with Gasteiger partial charge < -0.3 is 8.83 Å². The number of furan rings is 2. The van der Waals surface area contributed by atoms with Crippen molar-refractivity contribution in [1.29, 1.82) is 0 Å². The molecule has 3 aromatic heterocycles. The first-order valence-electron chi connectivity index (χ1n) is 9.43. The first-order chi connectivity index (χ1) is 13.7. The number of rotatable bonds is 1. The Bertz CT molecular complexity index is 1530. The molecule has 0 unspecified atom stereocenters. The lowest BCUT2D eigenvalue weighted by Gasteiger charge is -2.04. The minimum atomic E-state index is 0.810. The molecular formula is C25H18NO2+. The van der Waals surface area contributed by atoms with E-state index in [-0.39, 0.29) is 0 Å². The van der Waals surface area contributed by atoms with E-state index in [0.29, 0.717) is 0 Å². The minimum absolute atomic E-state index is 0.810. The molecule has 0 spiro atoms. The van der Waals surface area contributed by atoms with Gasteiger partial charge in [-0.15, -0.1) is 0 Å². The standard InChI is InChI=1S/C25H18NO2/c1-15-7-3-4-8-16(15)22-23-20(13-14-26(22)2)19-12-11-18-17-9-5-6-10-21(17)27-24(18)25(19)28-23/h3-14H,1-2H3/q+1. The molecule has 0 saturated carbocycles. The maximum atomic E-state index is 6.50. The normalized spacial score (nSPS) is 11.9. The summed E-state index contributed by atoms with van der Waals surface area (Å²) in [5.41, 5.74) is 6.88. The van der Waals surface area contributed by atoms with E-state index >= 15 is 0 Å². The van der Waals surface area contributed by atoms with Crippen molar-refractivity contribution in [3.05, 3.63) is 78.5 Å². The molecule has 6 aromatic rings. The molecule has 0 N–H and O–H groups in total. The highest BCUT2D eigenvalue weighted by Gasteiger charge is 2.23. The number of para-hydroxylation sites is 1. The average Bonchev–Trinajstić information content (AvgIpc) is 3.27. The summed E-state index contributed by atoms with van der Waals surface area (Å²) in [6, 6.07) is 23.0. The predicted molar refractivity (Wildman–Crippen MR) is 112 cm³/mol. The van der Waals surface area contributed by atoms with Crippen molar-refractivity contribution < 1.29 is 13.4 Å². The molecule has 3 heteroatoms. The van der Waals surface area contributed by atoms with Crippen LogP contribution < -0.4 is 4.57 Å². The summed E-state index contributed by atoms with van der Waals surface area (Å²) in [5.74, 6) is 0. The van der Waals surface area contributed by atoms with Gasteiger partial charge in [0.1, 0.15) is 12.6 Å². The van der Waals surface area contributed by atoms with E-state index in [1.807, 2.05) is 18.2 Å². The topological polar surface area (TPSA) is 30.2 Å². The van der Waals surface area contributed by atoms with Crippen molar-refractivity contribution in [2.24, 2.45) is 7.05 Å². The van der Waals surface area contributed by atoms with Gasteiger partial charge >= 0.3 is 0 Å². The second-order valence-electron chi connectivity index (χ2n) is 7.35. The van der Waals surface area contributed by atoms with E-state index in [4.69, 9.17) is 8.83 Å². The highest BCUT2D eigenvalue weighted by atomic mass is 16.4. The first-order valence-corrected chi connectivity index (χ1v) is 9.43. The first kappa shape index (κ1) is 15.5. The van der Waals surface area contributed by atoms with E-state index < -0.39 is 0 Å². The number of hydrogen-bond acceptors (Lipinski definition) is 2. The molecule has 134 valence electrons. The lowest BCUT2D eigenvalue weighted by molar-refractivity contribution is -0.659. The van der Waals surface area contributed by atoms with Crippen LogP contribution in [0.5, 0.6) is 0 Å². The smallest absolute Gasteiger partial charge is 0.256 e. The largest absolute Gasteiger partial charge is 0.452 e. The number of aryl methyl sites for hydroxylation is 2. The summed E-state index contributed by atoms with van der Waals surface area (Å²) in [6.07, 6.45) is 2.10. The molecule has 28 heavy (non-hydrogen) atoms. The van der Waals surface area contributed by atoms with Crippen molar-refractivity contribution in [3.8, 4) is 11.3 Å². The second-order valence-corrected chi connectivity index (χ2v) is 7.35. The van der Waals surface area contributed by atoms with Gasteiger partial charge in [0.05, 0.1) is 5.56 Å². The zero-order chi connectivity index (χ0) is 18.8. The van der Waals surface area contributed by atoms with Crippen molar-refractivity contribution in [2.75, 3.05) is 0 Å². The van der Waals surface area contributed by atoms with Gasteiger partial charge in [0, 0.05) is 27.6 Å². The number of pyridine rings is 1. The fourth-order valence-corrected chi connectivity index (χ4v) is 4.27. The van der Waals surface area contributed by atoms with Crippen LogP contribution >= 0.6 is 0 Å². The molecule has 0 bridgehead atoms. The maximum Gasteiger partial charge on any atom is 0.256 e. The van der Waals surface area contributed by atoms with E-state index in [1.54, 1.807) is 0 Å². The van der Waals surface area contributed by atoms with Crippen LogP contribution in [0.25, 0.3) is 55.1 Å². The summed E-state index contributed by atoms with van der Waals surface area (Å²) in [5, 5.41) is 4.39. The molecule has 0 aliphatic heterocycles. The number of fused-ring (bicyclic) bond motifs is 7. The summed E-state index contributed by atoms with van der Waals surface area (Å²) in [6.45, 7) is 2.13. The third kappa shape index (κ3) is 1.96. The van der Waals surface area contributed by atoms with Crippen LogP contribution in [-0.2, 0) is 7.05 Å². The Morgan fingerprint density at radius 3 is 2.18 bits per heavy atom. The minimum Gasteiger partial charge on any atom is -0.452 e. The van der Waals surface area contributed by atoms with Crippen molar-refractivity contribution in [2.45, 2.75) is 6.92 Å². The predicted octanol–water partition coefficient (Wildman–Crippen LogP) is 6.29. The highest BCUT2D eigenvalue weighted by Crippen LogP contribution is 2.40. The quantitative estimate of drug-likeness (QED) is 0.321. The molecule has 3 aromatic carbocycles. The summed E-state index contributed by atoms with van der Waals surface area (Å²) in [7, 11) is 2.06. The molecule has 0 amide bonds. The molecule has 3 heterocycles. The number of hydrogen-bond donors (Lipinski definition) is 0. The molecule has 6 rings (SSSR count). The Morgan fingerprint density at radius 1 is 0.643 bits per heavy atom. The highest BCUT2D eigenvalue weighted by molar-refractivity contribution is 6.19. The molecule has 0 fully saturated rings. The molecule has 0 aliphatic carbocycles. The average molecular weight is 364 g/mol. The molecule has 0 aliphatic rings. The maximum absolute atomic E-state index is 6.50. The molecule has 0 saturated heterocycles.